The van der Waals surface area contributed by atoms with Crippen molar-refractivity contribution in [1.29, 1.82) is 0 Å². The van der Waals surface area contributed by atoms with Crippen molar-refractivity contribution in [2.24, 2.45) is 0 Å². The number of hydrogen-bond acceptors (Lipinski definition) is 2. The normalized spacial score (nSPS) is 12.9. The summed E-state index contributed by atoms with van der Waals surface area (Å²) in [6, 6.07) is 1.74. The summed E-state index contributed by atoms with van der Waals surface area (Å²) in [4.78, 5) is 14.3. The summed E-state index contributed by atoms with van der Waals surface area (Å²) < 4.78 is 5.30. The van der Waals surface area contributed by atoms with Crippen LogP contribution in [0.15, 0.2) is 27.6 Å². The third kappa shape index (κ3) is 0.817. The first kappa shape index (κ1) is 7.30. The van der Waals surface area contributed by atoms with E-state index in [0.29, 0.717) is 11.1 Å². The SMILES string of the molecule is O=c1[nH]c2ccoc2c2c1C=C[C+]=C2. The summed E-state index contributed by atoms with van der Waals surface area (Å²) >= 11 is 0. The van der Waals surface area contributed by atoms with Gasteiger partial charge < -0.3 is 9.40 Å². The Bertz CT molecular complexity index is 614. The maximum absolute atomic E-state index is 11.6. The van der Waals surface area contributed by atoms with Gasteiger partial charge >= 0.3 is 0 Å². The lowest BCUT2D eigenvalue weighted by Gasteiger charge is -1.95. The number of rotatable bonds is 0. The molecular formula is C11H6NO2+. The summed E-state index contributed by atoms with van der Waals surface area (Å²) in [6.45, 7) is 0. The zero-order chi connectivity index (χ0) is 9.54. The predicted molar refractivity (Wildman–Crippen MR) is 53.6 cm³/mol. The highest BCUT2D eigenvalue weighted by Crippen LogP contribution is 2.23. The molecular weight excluding hydrogens is 178 g/mol. The molecule has 3 rings (SSSR count). The number of fused-ring (bicyclic) bond motifs is 3. The largest absolute Gasteiger partial charge is 0.449 e. The predicted octanol–water partition coefficient (Wildman–Crippen LogP) is 1.96. The second-order valence-corrected chi connectivity index (χ2v) is 3.09. The minimum Gasteiger partial charge on any atom is -0.449 e. The van der Waals surface area contributed by atoms with Crippen molar-refractivity contribution >= 4 is 23.3 Å². The first-order valence-electron chi connectivity index (χ1n) is 4.25. The second kappa shape index (κ2) is 2.44. The van der Waals surface area contributed by atoms with Crippen LogP contribution in [0.1, 0.15) is 11.1 Å². The Hall–Kier alpha value is -2.12. The molecule has 0 bridgehead atoms. The number of aromatic amines is 1. The van der Waals surface area contributed by atoms with Crippen LogP contribution in [0.5, 0.6) is 0 Å². The van der Waals surface area contributed by atoms with Crippen molar-refractivity contribution in [2.45, 2.75) is 0 Å². The standard InChI is InChI=1S/C11H5NO2/c13-11-8-4-2-1-3-7(8)10-9(12-11)5-6-14-10/h2-6H/p+1. The van der Waals surface area contributed by atoms with E-state index >= 15 is 0 Å². The van der Waals surface area contributed by atoms with E-state index in [1.54, 1.807) is 30.6 Å². The van der Waals surface area contributed by atoms with E-state index in [2.05, 4.69) is 11.1 Å². The lowest BCUT2D eigenvalue weighted by Crippen LogP contribution is -2.11. The maximum Gasteiger partial charge on any atom is 0.283 e. The van der Waals surface area contributed by atoms with Crippen LogP contribution in [-0.2, 0) is 0 Å². The quantitative estimate of drug-likeness (QED) is 0.636. The van der Waals surface area contributed by atoms with Crippen LogP contribution in [0, 0.1) is 6.08 Å². The summed E-state index contributed by atoms with van der Waals surface area (Å²) in [5.74, 6) is 0. The number of hydrogen-bond donors (Lipinski definition) is 1. The van der Waals surface area contributed by atoms with Crippen molar-refractivity contribution in [3.8, 4) is 0 Å². The van der Waals surface area contributed by atoms with Gasteiger partial charge in [-0.25, -0.2) is 0 Å². The topological polar surface area (TPSA) is 46.0 Å². The highest BCUT2D eigenvalue weighted by molar-refractivity contribution is 5.88. The first-order chi connectivity index (χ1) is 6.86. The first-order valence-corrected chi connectivity index (χ1v) is 4.25. The van der Waals surface area contributed by atoms with Gasteiger partial charge in [0.05, 0.1) is 12.3 Å². The Labute approximate surface area is 79.4 Å². The fourth-order valence-electron chi connectivity index (χ4n) is 1.62. The molecule has 0 aliphatic heterocycles. The molecule has 2 aromatic rings. The smallest absolute Gasteiger partial charge is 0.283 e. The van der Waals surface area contributed by atoms with Crippen LogP contribution >= 0.6 is 0 Å². The summed E-state index contributed by atoms with van der Waals surface area (Å²) in [5, 5.41) is 0. The Morgan fingerprint density at radius 1 is 1.36 bits per heavy atom. The molecule has 0 atom stereocenters. The minimum atomic E-state index is -0.0945. The fourth-order valence-corrected chi connectivity index (χ4v) is 1.62. The van der Waals surface area contributed by atoms with Gasteiger partial charge in [-0.1, -0.05) is 0 Å². The van der Waals surface area contributed by atoms with Gasteiger partial charge in [-0.05, 0) is 0 Å². The van der Waals surface area contributed by atoms with E-state index in [-0.39, 0.29) is 5.56 Å². The van der Waals surface area contributed by atoms with E-state index in [9.17, 15) is 4.79 Å². The van der Waals surface area contributed by atoms with Gasteiger partial charge in [0.25, 0.3) is 5.56 Å². The molecule has 1 aliphatic carbocycles. The molecule has 2 aromatic heterocycles. The number of allylic oxidation sites excluding steroid dienone is 2. The lowest BCUT2D eigenvalue weighted by atomic mass is 10.0. The van der Waals surface area contributed by atoms with Crippen LogP contribution in [0.25, 0.3) is 23.3 Å². The van der Waals surface area contributed by atoms with Crippen LogP contribution in [0.4, 0.5) is 0 Å². The van der Waals surface area contributed by atoms with Gasteiger partial charge in [0.15, 0.2) is 5.56 Å². The van der Waals surface area contributed by atoms with Gasteiger partial charge in [-0.2, -0.15) is 0 Å². The van der Waals surface area contributed by atoms with Crippen LogP contribution in [0.2, 0.25) is 0 Å². The van der Waals surface area contributed by atoms with Crippen molar-refractivity contribution in [3.05, 3.63) is 46.0 Å². The summed E-state index contributed by atoms with van der Waals surface area (Å²) in [5.41, 5.74) is 2.77. The zero-order valence-corrected chi connectivity index (χ0v) is 7.20. The number of pyridine rings is 1. The van der Waals surface area contributed by atoms with Crippen molar-refractivity contribution in [1.82, 2.24) is 4.98 Å². The average molecular weight is 184 g/mol. The molecule has 3 nitrogen and oxygen atoms in total. The summed E-state index contributed by atoms with van der Waals surface area (Å²) in [6.07, 6.45) is 9.70. The minimum absolute atomic E-state index is 0.0945. The molecule has 0 spiro atoms. The van der Waals surface area contributed by atoms with E-state index in [0.717, 1.165) is 11.1 Å². The molecule has 1 N–H and O–H groups in total. The molecule has 1 aliphatic rings. The van der Waals surface area contributed by atoms with Crippen molar-refractivity contribution < 1.29 is 4.42 Å². The van der Waals surface area contributed by atoms with Gasteiger partial charge in [-0.15, -0.1) is 0 Å². The molecule has 0 saturated heterocycles. The molecule has 0 aromatic carbocycles. The number of furan rings is 1. The highest BCUT2D eigenvalue weighted by Gasteiger charge is 2.19. The summed E-state index contributed by atoms with van der Waals surface area (Å²) in [7, 11) is 0. The van der Waals surface area contributed by atoms with Gasteiger partial charge in [0, 0.05) is 12.1 Å². The van der Waals surface area contributed by atoms with Crippen LogP contribution in [-0.4, -0.2) is 4.98 Å². The molecule has 0 unspecified atom stereocenters. The van der Waals surface area contributed by atoms with E-state index in [1.165, 1.54) is 0 Å². The molecule has 0 saturated carbocycles. The third-order valence-corrected chi connectivity index (χ3v) is 2.27. The van der Waals surface area contributed by atoms with Crippen LogP contribution < -0.4 is 5.56 Å². The lowest BCUT2D eigenvalue weighted by molar-refractivity contribution is 0.614. The van der Waals surface area contributed by atoms with E-state index in [1.807, 2.05) is 0 Å². The van der Waals surface area contributed by atoms with Crippen molar-refractivity contribution in [3.63, 3.8) is 0 Å². The van der Waals surface area contributed by atoms with Crippen molar-refractivity contribution in [2.75, 3.05) is 0 Å². The Morgan fingerprint density at radius 3 is 3.21 bits per heavy atom. The molecule has 14 heavy (non-hydrogen) atoms. The molecule has 2 heterocycles. The van der Waals surface area contributed by atoms with Gasteiger partial charge in [0.2, 0.25) is 5.58 Å². The van der Waals surface area contributed by atoms with Gasteiger partial charge in [-0.3, -0.25) is 4.79 Å². The number of aromatic nitrogens is 1. The van der Waals surface area contributed by atoms with Crippen LogP contribution in [0.3, 0.4) is 0 Å². The Kier molecular flexibility index (Phi) is 1.27. The number of nitrogens with one attached hydrogen (secondary N) is 1. The van der Waals surface area contributed by atoms with E-state index < -0.39 is 0 Å². The average Bonchev–Trinajstić information content (AvgIpc) is 2.66. The Balaban J connectivity index is 2.59. The highest BCUT2D eigenvalue weighted by atomic mass is 16.3. The number of H-pyrrole nitrogens is 1. The third-order valence-electron chi connectivity index (χ3n) is 2.27. The molecule has 66 valence electrons. The molecule has 0 fully saturated rings. The van der Waals surface area contributed by atoms with E-state index in [4.69, 9.17) is 4.42 Å². The van der Waals surface area contributed by atoms with Gasteiger partial charge in [0.1, 0.15) is 23.2 Å². The monoisotopic (exact) mass is 184 g/mol. The molecule has 0 amide bonds. The molecule has 0 radical (unpaired) electrons. The second-order valence-electron chi connectivity index (χ2n) is 3.09. The maximum atomic E-state index is 11.6. The fraction of sp³-hybridized carbons (Fsp3) is 0. The Morgan fingerprint density at radius 2 is 2.29 bits per heavy atom. The molecule has 3 heteroatoms. The zero-order valence-electron chi connectivity index (χ0n) is 7.20.